The Kier molecular flexibility index (Phi) is 5.71. The van der Waals surface area contributed by atoms with Crippen LogP contribution >= 0.6 is 0 Å². The van der Waals surface area contributed by atoms with Crippen LogP contribution in [-0.2, 0) is 0 Å². The van der Waals surface area contributed by atoms with Gasteiger partial charge in [0.05, 0.1) is 0 Å². The highest BCUT2D eigenvalue weighted by Gasteiger charge is 2.13. The topological polar surface area (TPSA) is 15.3 Å². The third-order valence-electron chi connectivity index (χ3n) is 4.23. The smallest absolute Gasteiger partial charge is 0.0395 e. The van der Waals surface area contributed by atoms with Gasteiger partial charge < -0.3 is 10.2 Å². The van der Waals surface area contributed by atoms with Gasteiger partial charge in [0.1, 0.15) is 0 Å². The number of nitrogens with zero attached hydrogens (tertiary/aromatic N) is 1. The fraction of sp³-hybridized carbons (Fsp3) is 0.647. The largest absolute Gasteiger partial charge is 0.372 e. The standard InChI is InChI=1S/C17H28N2/c1-3-19(17-12-7-4-9-15(17)2)14-8-13-18-16-10-5-6-11-16/h4,7,9,12,16,18H,3,5-6,8,10-11,13-14H2,1-2H3. The number of rotatable bonds is 7. The molecule has 1 fully saturated rings. The zero-order valence-corrected chi connectivity index (χ0v) is 12.5. The summed E-state index contributed by atoms with van der Waals surface area (Å²) >= 11 is 0. The minimum Gasteiger partial charge on any atom is -0.372 e. The van der Waals surface area contributed by atoms with Crippen LogP contribution in [0.3, 0.4) is 0 Å². The molecule has 0 aromatic heterocycles. The fourth-order valence-corrected chi connectivity index (χ4v) is 3.07. The number of nitrogens with one attached hydrogen (secondary N) is 1. The average Bonchev–Trinajstić information content (AvgIpc) is 2.93. The van der Waals surface area contributed by atoms with E-state index < -0.39 is 0 Å². The van der Waals surface area contributed by atoms with Crippen molar-refractivity contribution in [3.05, 3.63) is 29.8 Å². The van der Waals surface area contributed by atoms with Gasteiger partial charge in [-0.2, -0.15) is 0 Å². The Morgan fingerprint density at radius 3 is 2.63 bits per heavy atom. The molecule has 19 heavy (non-hydrogen) atoms. The Balaban J connectivity index is 1.74. The third kappa shape index (κ3) is 4.24. The van der Waals surface area contributed by atoms with E-state index in [2.05, 4.69) is 48.3 Å². The van der Waals surface area contributed by atoms with Crippen LogP contribution in [0.15, 0.2) is 24.3 Å². The van der Waals surface area contributed by atoms with Crippen LogP contribution in [0.25, 0.3) is 0 Å². The van der Waals surface area contributed by atoms with Crippen LogP contribution in [-0.4, -0.2) is 25.7 Å². The summed E-state index contributed by atoms with van der Waals surface area (Å²) in [5.41, 5.74) is 2.78. The first-order valence-electron chi connectivity index (χ1n) is 7.85. The fourth-order valence-electron chi connectivity index (χ4n) is 3.07. The van der Waals surface area contributed by atoms with Crippen LogP contribution in [0.5, 0.6) is 0 Å². The Hall–Kier alpha value is -1.02. The van der Waals surface area contributed by atoms with Crippen molar-refractivity contribution in [1.82, 2.24) is 5.32 Å². The highest BCUT2D eigenvalue weighted by Crippen LogP contribution is 2.20. The lowest BCUT2D eigenvalue weighted by Crippen LogP contribution is -2.31. The molecule has 2 nitrogen and oxygen atoms in total. The van der Waals surface area contributed by atoms with Gasteiger partial charge in [-0.05, 0) is 51.3 Å². The Morgan fingerprint density at radius 2 is 1.95 bits per heavy atom. The number of aryl methyl sites for hydroxylation is 1. The zero-order chi connectivity index (χ0) is 13.5. The Bertz CT molecular complexity index is 369. The molecule has 0 spiro atoms. The van der Waals surface area contributed by atoms with Crippen molar-refractivity contribution in [3.63, 3.8) is 0 Å². The first-order chi connectivity index (χ1) is 9.31. The minimum atomic E-state index is 0.800. The molecular formula is C17H28N2. The second kappa shape index (κ2) is 7.54. The molecule has 1 N–H and O–H groups in total. The van der Waals surface area contributed by atoms with E-state index in [1.165, 1.54) is 43.4 Å². The molecule has 0 atom stereocenters. The lowest BCUT2D eigenvalue weighted by molar-refractivity contribution is 0.514. The van der Waals surface area contributed by atoms with E-state index in [1.807, 2.05) is 0 Å². The second-order valence-corrected chi connectivity index (χ2v) is 5.66. The summed E-state index contributed by atoms with van der Waals surface area (Å²) in [5, 5.41) is 3.70. The molecule has 0 unspecified atom stereocenters. The third-order valence-corrected chi connectivity index (χ3v) is 4.23. The molecule has 2 rings (SSSR count). The number of hydrogen-bond acceptors (Lipinski definition) is 2. The average molecular weight is 260 g/mol. The van der Waals surface area contributed by atoms with E-state index in [4.69, 9.17) is 0 Å². The summed E-state index contributed by atoms with van der Waals surface area (Å²) in [4.78, 5) is 2.49. The molecule has 1 saturated carbocycles. The van der Waals surface area contributed by atoms with E-state index in [9.17, 15) is 0 Å². The summed E-state index contributed by atoms with van der Waals surface area (Å²) in [6.45, 7) is 7.86. The van der Waals surface area contributed by atoms with Gasteiger partial charge in [0, 0.05) is 24.8 Å². The van der Waals surface area contributed by atoms with Gasteiger partial charge in [-0.15, -0.1) is 0 Å². The SMILES string of the molecule is CCN(CCCNC1CCCC1)c1ccccc1C. The van der Waals surface area contributed by atoms with Gasteiger partial charge >= 0.3 is 0 Å². The molecule has 1 aromatic rings. The van der Waals surface area contributed by atoms with Crippen molar-refractivity contribution in [2.75, 3.05) is 24.5 Å². The van der Waals surface area contributed by atoms with Crippen LogP contribution in [0.2, 0.25) is 0 Å². The molecule has 1 aliphatic carbocycles. The molecule has 0 radical (unpaired) electrons. The van der Waals surface area contributed by atoms with Crippen molar-refractivity contribution in [1.29, 1.82) is 0 Å². The summed E-state index contributed by atoms with van der Waals surface area (Å²) in [6.07, 6.45) is 6.84. The van der Waals surface area contributed by atoms with E-state index in [-0.39, 0.29) is 0 Å². The predicted molar refractivity (Wildman–Crippen MR) is 83.9 cm³/mol. The summed E-state index contributed by atoms with van der Waals surface area (Å²) < 4.78 is 0. The van der Waals surface area contributed by atoms with Crippen LogP contribution < -0.4 is 10.2 Å². The molecular weight excluding hydrogens is 232 g/mol. The maximum atomic E-state index is 3.70. The van der Waals surface area contributed by atoms with Gasteiger partial charge in [-0.1, -0.05) is 31.0 Å². The van der Waals surface area contributed by atoms with Gasteiger partial charge in [0.2, 0.25) is 0 Å². The molecule has 1 aliphatic rings. The number of para-hydroxylation sites is 1. The highest BCUT2D eigenvalue weighted by atomic mass is 15.1. The van der Waals surface area contributed by atoms with Crippen molar-refractivity contribution in [3.8, 4) is 0 Å². The number of benzene rings is 1. The minimum absolute atomic E-state index is 0.800. The number of hydrogen-bond donors (Lipinski definition) is 1. The lowest BCUT2D eigenvalue weighted by Gasteiger charge is -2.25. The van der Waals surface area contributed by atoms with Crippen molar-refractivity contribution < 1.29 is 0 Å². The van der Waals surface area contributed by atoms with E-state index >= 15 is 0 Å². The molecule has 106 valence electrons. The molecule has 2 heteroatoms. The first kappa shape index (κ1) is 14.4. The first-order valence-corrected chi connectivity index (χ1v) is 7.85. The van der Waals surface area contributed by atoms with Crippen LogP contribution in [0, 0.1) is 6.92 Å². The summed E-state index contributed by atoms with van der Waals surface area (Å²) in [7, 11) is 0. The molecule has 0 amide bonds. The van der Waals surface area contributed by atoms with Crippen LogP contribution in [0.1, 0.15) is 44.6 Å². The van der Waals surface area contributed by atoms with Gasteiger partial charge in [0.15, 0.2) is 0 Å². The molecule has 0 heterocycles. The quantitative estimate of drug-likeness (QED) is 0.751. The second-order valence-electron chi connectivity index (χ2n) is 5.66. The molecule has 1 aromatic carbocycles. The van der Waals surface area contributed by atoms with Crippen molar-refractivity contribution in [2.45, 2.75) is 52.0 Å². The monoisotopic (exact) mass is 260 g/mol. The molecule has 0 bridgehead atoms. The van der Waals surface area contributed by atoms with E-state index in [0.717, 1.165) is 25.7 Å². The normalized spacial score (nSPS) is 15.9. The summed E-state index contributed by atoms with van der Waals surface area (Å²) in [6, 6.07) is 9.50. The van der Waals surface area contributed by atoms with Gasteiger partial charge in [-0.3, -0.25) is 0 Å². The molecule has 0 aliphatic heterocycles. The van der Waals surface area contributed by atoms with E-state index in [1.54, 1.807) is 0 Å². The van der Waals surface area contributed by atoms with Crippen molar-refractivity contribution in [2.24, 2.45) is 0 Å². The van der Waals surface area contributed by atoms with E-state index in [0.29, 0.717) is 0 Å². The lowest BCUT2D eigenvalue weighted by atomic mass is 10.1. The van der Waals surface area contributed by atoms with Gasteiger partial charge in [-0.25, -0.2) is 0 Å². The maximum Gasteiger partial charge on any atom is 0.0395 e. The summed E-state index contributed by atoms with van der Waals surface area (Å²) in [5.74, 6) is 0. The maximum absolute atomic E-state index is 3.70. The number of anilines is 1. The van der Waals surface area contributed by atoms with Crippen LogP contribution in [0.4, 0.5) is 5.69 Å². The van der Waals surface area contributed by atoms with Crippen molar-refractivity contribution >= 4 is 5.69 Å². The Morgan fingerprint density at radius 1 is 1.21 bits per heavy atom. The Labute approximate surface area is 118 Å². The highest BCUT2D eigenvalue weighted by molar-refractivity contribution is 5.52. The zero-order valence-electron chi connectivity index (χ0n) is 12.5. The predicted octanol–water partition coefficient (Wildman–Crippen LogP) is 3.74. The molecule has 0 saturated heterocycles. The van der Waals surface area contributed by atoms with Gasteiger partial charge in [0.25, 0.3) is 0 Å².